The zero-order valence-corrected chi connectivity index (χ0v) is 15.6. The van der Waals surface area contributed by atoms with Gasteiger partial charge in [-0.1, -0.05) is 34.1 Å². The summed E-state index contributed by atoms with van der Waals surface area (Å²) in [4.78, 5) is 18.7. The van der Waals surface area contributed by atoms with E-state index in [1.165, 1.54) is 0 Å². The summed E-state index contributed by atoms with van der Waals surface area (Å²) in [5.74, 6) is 1.02. The Hall–Kier alpha value is -2.54. The third kappa shape index (κ3) is 3.39. The van der Waals surface area contributed by atoms with Gasteiger partial charge in [0, 0.05) is 29.0 Å². The molecule has 1 fully saturated rings. The van der Waals surface area contributed by atoms with Crippen molar-refractivity contribution in [3.8, 4) is 11.5 Å². The van der Waals surface area contributed by atoms with Crippen molar-refractivity contribution in [2.24, 2.45) is 0 Å². The Morgan fingerprint density at radius 1 is 1.19 bits per heavy atom. The van der Waals surface area contributed by atoms with Crippen LogP contribution >= 0.6 is 15.9 Å². The average molecular weight is 413 g/mol. The molecule has 0 aliphatic carbocycles. The van der Waals surface area contributed by atoms with Crippen LogP contribution in [0.3, 0.4) is 0 Å². The predicted molar refractivity (Wildman–Crippen MR) is 99.1 cm³/mol. The van der Waals surface area contributed by atoms with E-state index < -0.39 is 0 Å². The van der Waals surface area contributed by atoms with Crippen molar-refractivity contribution in [1.29, 1.82) is 0 Å². The summed E-state index contributed by atoms with van der Waals surface area (Å²) in [7, 11) is 0. The minimum absolute atomic E-state index is 0.0723. The first-order valence-corrected chi connectivity index (χ1v) is 9.28. The van der Waals surface area contributed by atoms with Gasteiger partial charge in [-0.2, -0.15) is 0 Å². The van der Waals surface area contributed by atoms with Crippen LogP contribution in [0, 0.1) is 0 Å². The van der Waals surface area contributed by atoms with Crippen LogP contribution in [0.15, 0.2) is 57.7 Å². The van der Waals surface area contributed by atoms with Crippen molar-refractivity contribution in [3.63, 3.8) is 0 Å². The second-order valence-corrected chi connectivity index (χ2v) is 7.05. The molecule has 6 nitrogen and oxygen atoms in total. The molecule has 0 spiro atoms. The van der Waals surface area contributed by atoms with E-state index in [1.54, 1.807) is 12.4 Å². The molecule has 0 N–H and O–H groups in total. The number of amides is 1. The molecule has 4 rings (SSSR count). The van der Waals surface area contributed by atoms with Crippen molar-refractivity contribution in [2.75, 3.05) is 6.54 Å². The maximum absolute atomic E-state index is 12.8. The molecule has 7 heteroatoms. The third-order valence-electron chi connectivity index (χ3n) is 4.53. The highest BCUT2D eigenvalue weighted by atomic mass is 79.9. The van der Waals surface area contributed by atoms with Crippen LogP contribution in [0.5, 0.6) is 0 Å². The molecule has 1 saturated heterocycles. The van der Waals surface area contributed by atoms with E-state index in [0.29, 0.717) is 24.7 Å². The molecule has 2 aromatic heterocycles. The molecule has 132 valence electrons. The Balaban J connectivity index is 1.53. The molecule has 0 saturated carbocycles. The number of benzene rings is 1. The molecule has 3 aromatic rings. The van der Waals surface area contributed by atoms with Crippen molar-refractivity contribution in [3.05, 3.63) is 64.7 Å². The second-order valence-electron chi connectivity index (χ2n) is 6.19. The number of halogens is 1. The summed E-state index contributed by atoms with van der Waals surface area (Å²) >= 11 is 3.51. The number of carbonyl (C=O) groups is 1. The minimum Gasteiger partial charge on any atom is -0.418 e. The van der Waals surface area contributed by atoms with Gasteiger partial charge in [-0.15, -0.1) is 10.2 Å². The fourth-order valence-electron chi connectivity index (χ4n) is 3.21. The first-order chi connectivity index (χ1) is 12.7. The van der Waals surface area contributed by atoms with Gasteiger partial charge >= 0.3 is 0 Å². The topological polar surface area (TPSA) is 72.1 Å². The van der Waals surface area contributed by atoms with Gasteiger partial charge in [-0.05, 0) is 36.6 Å². The van der Waals surface area contributed by atoms with Gasteiger partial charge in [0.15, 0.2) is 0 Å². The van der Waals surface area contributed by atoms with Crippen LogP contribution < -0.4 is 0 Å². The fraction of sp³-hybridized carbons (Fsp3) is 0.263. The minimum atomic E-state index is -0.159. The van der Waals surface area contributed by atoms with Crippen LogP contribution in [-0.4, -0.2) is 32.5 Å². The summed E-state index contributed by atoms with van der Waals surface area (Å²) in [5.41, 5.74) is 1.80. The molecule has 1 amide bonds. The van der Waals surface area contributed by atoms with Crippen molar-refractivity contribution in [1.82, 2.24) is 20.1 Å². The largest absolute Gasteiger partial charge is 0.418 e. The molecule has 1 aliphatic rings. The Morgan fingerprint density at radius 2 is 2.00 bits per heavy atom. The number of rotatable bonds is 4. The summed E-state index contributed by atoms with van der Waals surface area (Å²) in [5, 5.41) is 8.32. The highest BCUT2D eigenvalue weighted by Gasteiger charge is 2.34. The fourth-order valence-corrected chi connectivity index (χ4v) is 3.63. The Bertz CT molecular complexity index is 913. The molecule has 26 heavy (non-hydrogen) atoms. The lowest BCUT2D eigenvalue weighted by molar-refractivity contribution is -0.131. The number of nitrogens with zero attached hydrogens (tertiary/aromatic N) is 4. The highest BCUT2D eigenvalue weighted by molar-refractivity contribution is 9.10. The molecule has 1 aromatic carbocycles. The number of hydrogen-bond acceptors (Lipinski definition) is 5. The SMILES string of the molecule is O=C(Cc1ccccc1Br)N1CCCC1c1nnc(-c2ccncc2)o1. The quantitative estimate of drug-likeness (QED) is 0.651. The lowest BCUT2D eigenvalue weighted by Gasteiger charge is -2.22. The first kappa shape index (κ1) is 16.9. The van der Waals surface area contributed by atoms with E-state index in [4.69, 9.17) is 4.42 Å². The number of likely N-dealkylation sites (tertiary alicyclic amines) is 1. The molecule has 1 unspecified atom stereocenters. The molecule has 0 radical (unpaired) electrons. The summed E-state index contributed by atoms with van der Waals surface area (Å²) < 4.78 is 6.80. The monoisotopic (exact) mass is 412 g/mol. The Kier molecular flexibility index (Phi) is 4.79. The van der Waals surface area contributed by atoms with Crippen molar-refractivity contribution >= 4 is 21.8 Å². The molecule has 1 atom stereocenters. The van der Waals surface area contributed by atoms with Crippen LogP contribution in [-0.2, 0) is 11.2 Å². The van der Waals surface area contributed by atoms with Crippen molar-refractivity contribution in [2.45, 2.75) is 25.3 Å². The average Bonchev–Trinajstić information content (AvgIpc) is 3.33. The molecular weight excluding hydrogens is 396 g/mol. The first-order valence-electron chi connectivity index (χ1n) is 8.49. The maximum Gasteiger partial charge on any atom is 0.247 e. The summed E-state index contributed by atoms with van der Waals surface area (Å²) in [6, 6.07) is 11.3. The lowest BCUT2D eigenvalue weighted by Crippen LogP contribution is -2.32. The van der Waals surface area contributed by atoms with Gasteiger partial charge in [0.25, 0.3) is 0 Å². The lowest BCUT2D eigenvalue weighted by atomic mass is 10.1. The van der Waals surface area contributed by atoms with Crippen LogP contribution in [0.2, 0.25) is 0 Å². The van der Waals surface area contributed by atoms with Crippen LogP contribution in [0.1, 0.15) is 30.3 Å². The second kappa shape index (κ2) is 7.37. The maximum atomic E-state index is 12.8. The molecule has 3 heterocycles. The van der Waals surface area contributed by atoms with Gasteiger partial charge in [-0.25, -0.2) is 0 Å². The smallest absolute Gasteiger partial charge is 0.247 e. The number of carbonyl (C=O) groups excluding carboxylic acids is 1. The van der Waals surface area contributed by atoms with E-state index >= 15 is 0 Å². The zero-order valence-electron chi connectivity index (χ0n) is 14.0. The van der Waals surface area contributed by atoms with E-state index in [0.717, 1.165) is 28.4 Å². The number of aromatic nitrogens is 3. The van der Waals surface area contributed by atoms with Gasteiger partial charge in [0.05, 0.1) is 6.42 Å². The van der Waals surface area contributed by atoms with Gasteiger partial charge in [-0.3, -0.25) is 9.78 Å². The van der Waals surface area contributed by atoms with E-state index in [2.05, 4.69) is 31.1 Å². The van der Waals surface area contributed by atoms with Crippen LogP contribution in [0.4, 0.5) is 0 Å². The number of pyridine rings is 1. The van der Waals surface area contributed by atoms with Gasteiger partial charge < -0.3 is 9.32 Å². The summed E-state index contributed by atoms with van der Waals surface area (Å²) in [6.45, 7) is 0.709. The summed E-state index contributed by atoms with van der Waals surface area (Å²) in [6.07, 6.45) is 5.48. The third-order valence-corrected chi connectivity index (χ3v) is 5.30. The van der Waals surface area contributed by atoms with E-state index in [-0.39, 0.29) is 11.9 Å². The highest BCUT2D eigenvalue weighted by Crippen LogP contribution is 2.33. The standard InChI is InChI=1S/C19H17BrN4O2/c20-15-5-2-1-4-14(15)12-17(25)24-11-3-6-16(24)19-23-22-18(26-19)13-7-9-21-10-8-13/h1-2,4-5,7-10,16H,3,6,11-12H2. The molecule has 0 bridgehead atoms. The van der Waals surface area contributed by atoms with Gasteiger partial charge in [0.2, 0.25) is 17.7 Å². The van der Waals surface area contributed by atoms with Crippen LogP contribution in [0.25, 0.3) is 11.5 Å². The van der Waals surface area contributed by atoms with Crippen molar-refractivity contribution < 1.29 is 9.21 Å². The Morgan fingerprint density at radius 3 is 2.81 bits per heavy atom. The normalized spacial score (nSPS) is 16.8. The van der Waals surface area contributed by atoms with Gasteiger partial charge in [0.1, 0.15) is 6.04 Å². The molecule has 1 aliphatic heterocycles. The van der Waals surface area contributed by atoms with E-state index in [9.17, 15) is 4.79 Å². The molecular formula is C19H17BrN4O2. The number of hydrogen-bond donors (Lipinski definition) is 0. The predicted octanol–water partition coefficient (Wildman–Crippen LogP) is 3.80. The zero-order chi connectivity index (χ0) is 17.9. The Labute approximate surface area is 159 Å². The van der Waals surface area contributed by atoms with E-state index in [1.807, 2.05) is 41.3 Å².